The van der Waals surface area contributed by atoms with E-state index in [1.165, 1.54) is 0 Å². The second kappa shape index (κ2) is 3.91. The Balaban J connectivity index is 3.00. The van der Waals surface area contributed by atoms with Crippen LogP contribution in [0.2, 0.25) is 0 Å². The van der Waals surface area contributed by atoms with Gasteiger partial charge in [-0.05, 0) is 17.2 Å². The van der Waals surface area contributed by atoms with E-state index in [-0.39, 0.29) is 0 Å². The molecule has 0 spiro atoms. The summed E-state index contributed by atoms with van der Waals surface area (Å²) in [6, 6.07) is 7.35. The van der Waals surface area contributed by atoms with E-state index < -0.39 is 0 Å². The zero-order chi connectivity index (χ0) is 8.10. The molecule has 0 atom stereocenters. The van der Waals surface area contributed by atoms with Crippen LogP contribution in [0, 0.1) is 0 Å². The Morgan fingerprint density at radius 2 is 2.36 bits per heavy atom. The molecule has 3 nitrogen and oxygen atoms in total. The number of nitrogens with zero attached hydrogens (tertiary/aromatic N) is 3. The molecule has 1 aromatic carbocycles. The van der Waals surface area contributed by atoms with Crippen molar-refractivity contribution in [2.45, 2.75) is 5.75 Å². The Morgan fingerprint density at radius 3 is 3.00 bits per heavy atom. The lowest BCUT2D eigenvalue weighted by molar-refractivity contribution is 1.38. The summed E-state index contributed by atoms with van der Waals surface area (Å²) in [6.45, 7) is 0. The van der Waals surface area contributed by atoms with Crippen LogP contribution in [0.3, 0.4) is 0 Å². The van der Waals surface area contributed by atoms with Gasteiger partial charge in [-0.3, -0.25) is 0 Å². The van der Waals surface area contributed by atoms with Gasteiger partial charge in [0.2, 0.25) is 0 Å². The SMILES string of the molecule is [N-]=[N+]=Nc1cccc(CS)c1. The zero-order valence-electron chi connectivity index (χ0n) is 5.81. The van der Waals surface area contributed by atoms with E-state index in [2.05, 4.69) is 22.7 Å². The first-order valence-corrected chi connectivity index (χ1v) is 3.75. The number of azide groups is 1. The van der Waals surface area contributed by atoms with Crippen molar-refractivity contribution in [1.29, 1.82) is 0 Å². The normalized spacial score (nSPS) is 8.82. The molecule has 56 valence electrons. The highest BCUT2D eigenvalue weighted by Crippen LogP contribution is 2.14. The second-order valence-electron chi connectivity index (χ2n) is 2.02. The fraction of sp³-hybridized carbons (Fsp3) is 0.143. The van der Waals surface area contributed by atoms with Crippen LogP contribution in [0.4, 0.5) is 5.69 Å². The Kier molecular flexibility index (Phi) is 2.83. The molecule has 0 aliphatic carbocycles. The molecule has 0 aromatic heterocycles. The third-order valence-corrected chi connectivity index (χ3v) is 1.62. The lowest BCUT2D eigenvalue weighted by atomic mass is 10.2. The third-order valence-electron chi connectivity index (χ3n) is 1.25. The van der Waals surface area contributed by atoms with Gasteiger partial charge >= 0.3 is 0 Å². The van der Waals surface area contributed by atoms with Gasteiger partial charge in [0.15, 0.2) is 0 Å². The molecule has 1 rings (SSSR count). The van der Waals surface area contributed by atoms with E-state index >= 15 is 0 Å². The topological polar surface area (TPSA) is 48.8 Å². The van der Waals surface area contributed by atoms with Crippen molar-refractivity contribution >= 4 is 18.3 Å². The highest BCUT2D eigenvalue weighted by molar-refractivity contribution is 7.79. The standard InChI is InChI=1S/C7H7N3S/c8-10-9-7-3-1-2-6(4-7)5-11/h1-4,11H,5H2. The van der Waals surface area contributed by atoms with Crippen LogP contribution < -0.4 is 0 Å². The molecule has 0 bridgehead atoms. The average molecular weight is 165 g/mol. The number of hydrogen-bond acceptors (Lipinski definition) is 2. The Morgan fingerprint density at radius 1 is 1.55 bits per heavy atom. The summed E-state index contributed by atoms with van der Waals surface area (Å²) >= 11 is 4.09. The summed E-state index contributed by atoms with van der Waals surface area (Å²) in [4.78, 5) is 2.68. The molecule has 1 aromatic rings. The van der Waals surface area contributed by atoms with Crippen molar-refractivity contribution in [1.82, 2.24) is 0 Å². The largest absolute Gasteiger partial charge is 0.175 e. The number of hydrogen-bond donors (Lipinski definition) is 1. The van der Waals surface area contributed by atoms with Crippen molar-refractivity contribution in [3.8, 4) is 0 Å². The minimum atomic E-state index is 0.638. The first-order valence-electron chi connectivity index (χ1n) is 3.11. The Labute approximate surface area is 70.1 Å². The fourth-order valence-corrected chi connectivity index (χ4v) is 0.965. The highest BCUT2D eigenvalue weighted by atomic mass is 32.1. The maximum absolute atomic E-state index is 8.12. The number of thiol groups is 1. The smallest absolute Gasteiger partial charge is 0.0378 e. The van der Waals surface area contributed by atoms with Crippen molar-refractivity contribution in [3.05, 3.63) is 40.3 Å². The Bertz CT molecular complexity index is 291. The summed E-state index contributed by atoms with van der Waals surface area (Å²) in [5.74, 6) is 0.661. The van der Waals surface area contributed by atoms with Gasteiger partial charge < -0.3 is 0 Å². The molecule has 0 heterocycles. The summed E-state index contributed by atoms with van der Waals surface area (Å²) in [5, 5.41) is 3.46. The van der Waals surface area contributed by atoms with Gasteiger partial charge in [-0.25, -0.2) is 0 Å². The number of rotatable bonds is 2. The quantitative estimate of drug-likeness (QED) is 0.303. The maximum atomic E-state index is 8.12. The summed E-state index contributed by atoms with van der Waals surface area (Å²) in [7, 11) is 0. The fourth-order valence-electron chi connectivity index (χ4n) is 0.769. The van der Waals surface area contributed by atoms with E-state index in [9.17, 15) is 0 Å². The van der Waals surface area contributed by atoms with E-state index in [0.29, 0.717) is 11.4 Å². The predicted molar refractivity (Wildman–Crippen MR) is 47.9 cm³/mol. The maximum Gasteiger partial charge on any atom is 0.0378 e. The molecule has 4 heteroatoms. The van der Waals surface area contributed by atoms with Gasteiger partial charge in [-0.2, -0.15) is 12.6 Å². The van der Waals surface area contributed by atoms with Crippen molar-refractivity contribution in [2.75, 3.05) is 0 Å². The molecule has 0 radical (unpaired) electrons. The molecule has 0 amide bonds. The molecule has 0 N–H and O–H groups in total. The second-order valence-corrected chi connectivity index (χ2v) is 2.33. The van der Waals surface area contributed by atoms with E-state index in [1.54, 1.807) is 6.07 Å². The Hall–Kier alpha value is -1.12. The molecule has 0 saturated heterocycles. The van der Waals surface area contributed by atoms with Crippen LogP contribution in [0.25, 0.3) is 10.4 Å². The molecule has 0 saturated carbocycles. The van der Waals surface area contributed by atoms with E-state index in [4.69, 9.17) is 5.53 Å². The van der Waals surface area contributed by atoms with Crippen molar-refractivity contribution < 1.29 is 0 Å². The molecule has 0 unspecified atom stereocenters. The van der Waals surface area contributed by atoms with Gasteiger partial charge in [0.1, 0.15) is 0 Å². The molecule has 0 fully saturated rings. The van der Waals surface area contributed by atoms with E-state index in [1.807, 2.05) is 18.2 Å². The average Bonchev–Trinajstić information content (AvgIpc) is 2.06. The lowest BCUT2D eigenvalue weighted by Crippen LogP contribution is -1.73. The molecule has 0 aliphatic rings. The van der Waals surface area contributed by atoms with Crippen LogP contribution in [-0.4, -0.2) is 0 Å². The summed E-state index contributed by atoms with van der Waals surface area (Å²) in [5.41, 5.74) is 9.81. The highest BCUT2D eigenvalue weighted by Gasteiger charge is 1.89. The van der Waals surface area contributed by atoms with Gasteiger partial charge in [-0.1, -0.05) is 23.3 Å². The van der Waals surface area contributed by atoms with Crippen LogP contribution in [0.1, 0.15) is 5.56 Å². The molecule has 0 aliphatic heterocycles. The minimum absolute atomic E-state index is 0.638. The van der Waals surface area contributed by atoms with Crippen molar-refractivity contribution in [3.63, 3.8) is 0 Å². The van der Waals surface area contributed by atoms with Crippen LogP contribution in [0.15, 0.2) is 29.4 Å². The first kappa shape index (κ1) is 7.98. The summed E-state index contributed by atoms with van der Waals surface area (Å²) in [6.07, 6.45) is 0. The molecular weight excluding hydrogens is 158 g/mol. The van der Waals surface area contributed by atoms with Gasteiger partial charge in [0.05, 0.1) is 0 Å². The third kappa shape index (κ3) is 2.18. The molecular formula is C7H7N3S. The molecule has 11 heavy (non-hydrogen) atoms. The van der Waals surface area contributed by atoms with Gasteiger partial charge in [-0.15, -0.1) is 0 Å². The van der Waals surface area contributed by atoms with Crippen LogP contribution >= 0.6 is 12.6 Å². The monoisotopic (exact) mass is 165 g/mol. The predicted octanol–water partition coefficient (Wildman–Crippen LogP) is 3.06. The minimum Gasteiger partial charge on any atom is -0.175 e. The zero-order valence-corrected chi connectivity index (χ0v) is 6.70. The van der Waals surface area contributed by atoms with E-state index in [0.717, 1.165) is 5.56 Å². The van der Waals surface area contributed by atoms with Crippen LogP contribution in [-0.2, 0) is 5.75 Å². The lowest BCUT2D eigenvalue weighted by Gasteiger charge is -1.94. The number of benzene rings is 1. The van der Waals surface area contributed by atoms with Crippen molar-refractivity contribution in [2.24, 2.45) is 5.11 Å². The first-order chi connectivity index (χ1) is 5.36. The summed E-state index contributed by atoms with van der Waals surface area (Å²) < 4.78 is 0. The van der Waals surface area contributed by atoms with Gasteiger partial charge in [0.25, 0.3) is 0 Å². The van der Waals surface area contributed by atoms with Gasteiger partial charge in [0, 0.05) is 16.4 Å². The van der Waals surface area contributed by atoms with Crippen LogP contribution in [0.5, 0.6) is 0 Å².